The Labute approximate surface area is 195 Å². The van der Waals surface area contributed by atoms with Crippen LogP contribution in [-0.4, -0.2) is 49.6 Å². The summed E-state index contributed by atoms with van der Waals surface area (Å²) >= 11 is 1.65. The molecule has 3 aromatic rings. The standard InChI is InChI=1S/C24H30N4O2S2/c1-5-6-11-23-26-24(31-4)17-28(23)16-19-12-14-20(15-13-19)21-9-7-8-10-22(21)32(29,30)25-18-27(2)3/h7-10,12-15,17-18H,5-6,11,16H2,1-4H3. The zero-order chi connectivity index (χ0) is 23.1. The topological polar surface area (TPSA) is 67.6 Å². The van der Waals surface area contributed by atoms with Crippen LogP contribution >= 0.6 is 11.8 Å². The number of rotatable bonds is 10. The van der Waals surface area contributed by atoms with Crippen molar-refractivity contribution in [2.75, 3.05) is 20.4 Å². The first kappa shape index (κ1) is 24.1. The molecule has 0 radical (unpaired) electrons. The summed E-state index contributed by atoms with van der Waals surface area (Å²) in [4.78, 5) is 6.54. The maximum absolute atomic E-state index is 12.8. The Morgan fingerprint density at radius 3 is 2.50 bits per heavy atom. The van der Waals surface area contributed by atoms with Crippen molar-refractivity contribution in [2.24, 2.45) is 4.40 Å². The molecular formula is C24H30N4O2S2. The number of benzene rings is 2. The second-order valence-electron chi connectivity index (χ2n) is 7.78. The van der Waals surface area contributed by atoms with E-state index >= 15 is 0 Å². The van der Waals surface area contributed by atoms with E-state index in [1.54, 1.807) is 42.9 Å². The van der Waals surface area contributed by atoms with E-state index in [0.717, 1.165) is 47.8 Å². The summed E-state index contributed by atoms with van der Waals surface area (Å²) in [7, 11) is -0.323. The van der Waals surface area contributed by atoms with E-state index in [4.69, 9.17) is 4.98 Å². The third-order valence-corrected chi connectivity index (χ3v) is 6.90. The highest BCUT2D eigenvalue weighted by molar-refractivity contribution is 7.98. The van der Waals surface area contributed by atoms with Gasteiger partial charge in [0.15, 0.2) is 0 Å². The Morgan fingerprint density at radius 2 is 1.84 bits per heavy atom. The Balaban J connectivity index is 1.87. The van der Waals surface area contributed by atoms with Gasteiger partial charge in [-0.1, -0.05) is 55.8 Å². The molecule has 0 saturated carbocycles. The average molecular weight is 471 g/mol. The molecule has 0 fully saturated rings. The fourth-order valence-corrected chi connectivity index (χ4v) is 4.90. The molecule has 8 heteroatoms. The second-order valence-corrected chi connectivity index (χ2v) is 10.2. The second kappa shape index (κ2) is 10.8. The Hall–Kier alpha value is -2.58. The van der Waals surface area contributed by atoms with Gasteiger partial charge in [-0.2, -0.15) is 8.42 Å². The predicted octanol–water partition coefficient (Wildman–Crippen LogP) is 4.94. The van der Waals surface area contributed by atoms with Crippen LogP contribution in [0.4, 0.5) is 0 Å². The summed E-state index contributed by atoms with van der Waals surface area (Å²) in [6.45, 7) is 2.92. The normalized spacial score (nSPS) is 11.9. The van der Waals surface area contributed by atoms with Gasteiger partial charge in [-0.3, -0.25) is 0 Å². The van der Waals surface area contributed by atoms with E-state index in [2.05, 4.69) is 22.1 Å². The van der Waals surface area contributed by atoms with Crippen LogP contribution in [0.3, 0.4) is 0 Å². The van der Waals surface area contributed by atoms with Gasteiger partial charge in [0.1, 0.15) is 17.2 Å². The molecule has 2 aromatic carbocycles. The maximum Gasteiger partial charge on any atom is 0.284 e. The minimum absolute atomic E-state index is 0.201. The zero-order valence-corrected chi connectivity index (χ0v) is 20.7. The van der Waals surface area contributed by atoms with E-state index in [-0.39, 0.29) is 4.90 Å². The number of sulfonamides is 1. The molecule has 0 N–H and O–H groups in total. The fraction of sp³-hybridized carbons (Fsp3) is 0.333. The third-order valence-electron chi connectivity index (χ3n) is 5.00. The highest BCUT2D eigenvalue weighted by atomic mass is 32.2. The first-order valence-corrected chi connectivity index (χ1v) is 13.3. The number of aryl methyl sites for hydroxylation is 1. The molecule has 0 bridgehead atoms. The Morgan fingerprint density at radius 1 is 1.12 bits per heavy atom. The average Bonchev–Trinajstić information content (AvgIpc) is 3.18. The highest BCUT2D eigenvalue weighted by Gasteiger charge is 2.18. The SMILES string of the molecule is CCCCc1nc(SC)cn1Cc1ccc(-c2ccccc2S(=O)(=O)N=CN(C)C)cc1. The van der Waals surface area contributed by atoms with E-state index < -0.39 is 10.0 Å². The van der Waals surface area contributed by atoms with Gasteiger partial charge in [-0.25, -0.2) is 4.98 Å². The van der Waals surface area contributed by atoms with Crippen LogP contribution < -0.4 is 0 Å². The van der Waals surface area contributed by atoms with E-state index in [9.17, 15) is 8.42 Å². The predicted molar refractivity (Wildman–Crippen MR) is 133 cm³/mol. The van der Waals surface area contributed by atoms with Crippen molar-refractivity contribution in [3.05, 3.63) is 66.1 Å². The molecule has 32 heavy (non-hydrogen) atoms. The van der Waals surface area contributed by atoms with Crippen LogP contribution in [0.1, 0.15) is 31.2 Å². The number of hydrogen-bond acceptors (Lipinski definition) is 4. The molecule has 3 rings (SSSR count). The molecule has 0 aliphatic carbocycles. The molecule has 0 aliphatic rings. The Bertz CT molecular complexity index is 1170. The number of aromatic nitrogens is 2. The smallest absolute Gasteiger partial charge is 0.284 e. The van der Waals surface area contributed by atoms with Crippen LogP contribution in [0, 0.1) is 0 Å². The molecule has 0 amide bonds. The molecule has 0 spiro atoms. The van der Waals surface area contributed by atoms with Crippen molar-refractivity contribution >= 4 is 28.1 Å². The van der Waals surface area contributed by atoms with Crippen LogP contribution in [0.5, 0.6) is 0 Å². The van der Waals surface area contributed by atoms with Crippen molar-refractivity contribution < 1.29 is 8.42 Å². The minimum Gasteiger partial charge on any atom is -0.368 e. The van der Waals surface area contributed by atoms with Crippen molar-refractivity contribution in [1.29, 1.82) is 0 Å². The molecule has 170 valence electrons. The highest BCUT2D eigenvalue weighted by Crippen LogP contribution is 2.29. The molecular weight excluding hydrogens is 440 g/mol. The van der Waals surface area contributed by atoms with Crippen molar-refractivity contribution in [3.63, 3.8) is 0 Å². The third kappa shape index (κ3) is 6.01. The minimum atomic E-state index is -3.79. The number of hydrogen-bond donors (Lipinski definition) is 0. The maximum atomic E-state index is 12.8. The van der Waals surface area contributed by atoms with Gasteiger partial charge >= 0.3 is 0 Å². The fourth-order valence-electron chi connectivity index (χ4n) is 3.33. The first-order valence-electron chi connectivity index (χ1n) is 10.6. The van der Waals surface area contributed by atoms with E-state index in [1.807, 2.05) is 42.7 Å². The molecule has 6 nitrogen and oxygen atoms in total. The summed E-state index contributed by atoms with van der Waals surface area (Å²) < 4.78 is 31.5. The van der Waals surface area contributed by atoms with Crippen LogP contribution in [-0.2, 0) is 23.0 Å². The molecule has 0 unspecified atom stereocenters. The first-order chi connectivity index (χ1) is 15.3. The summed E-state index contributed by atoms with van der Waals surface area (Å²) in [6.07, 6.45) is 8.67. The monoisotopic (exact) mass is 470 g/mol. The van der Waals surface area contributed by atoms with Crippen molar-refractivity contribution in [2.45, 2.75) is 42.7 Å². The van der Waals surface area contributed by atoms with Gasteiger partial charge in [0.05, 0.1) is 4.90 Å². The van der Waals surface area contributed by atoms with E-state index in [0.29, 0.717) is 5.56 Å². The van der Waals surface area contributed by atoms with Gasteiger partial charge in [0, 0.05) is 38.8 Å². The molecule has 0 atom stereocenters. The summed E-state index contributed by atoms with van der Waals surface area (Å²) in [5.74, 6) is 1.11. The number of imidazole rings is 1. The van der Waals surface area contributed by atoms with Gasteiger partial charge in [-0.15, -0.1) is 16.2 Å². The number of nitrogens with zero attached hydrogens (tertiary/aromatic N) is 4. The number of unbranched alkanes of at least 4 members (excludes halogenated alkanes) is 1. The molecule has 1 heterocycles. The quantitative estimate of drug-likeness (QED) is 0.238. The summed E-state index contributed by atoms with van der Waals surface area (Å²) in [5.41, 5.74) is 2.63. The summed E-state index contributed by atoms with van der Waals surface area (Å²) in [5, 5.41) is 1.03. The molecule has 0 saturated heterocycles. The van der Waals surface area contributed by atoms with Gasteiger partial charge in [-0.05, 0) is 29.9 Å². The summed E-state index contributed by atoms with van der Waals surface area (Å²) in [6, 6.07) is 15.0. The lowest BCUT2D eigenvalue weighted by Crippen LogP contribution is -2.10. The number of thioether (sulfide) groups is 1. The van der Waals surface area contributed by atoms with Crippen LogP contribution in [0.25, 0.3) is 11.1 Å². The van der Waals surface area contributed by atoms with Crippen molar-refractivity contribution in [1.82, 2.24) is 14.5 Å². The molecule has 1 aromatic heterocycles. The Kier molecular flexibility index (Phi) is 8.15. The van der Waals surface area contributed by atoms with Crippen molar-refractivity contribution in [3.8, 4) is 11.1 Å². The van der Waals surface area contributed by atoms with Crippen LogP contribution in [0.2, 0.25) is 0 Å². The van der Waals surface area contributed by atoms with E-state index in [1.165, 1.54) is 6.34 Å². The molecule has 0 aliphatic heterocycles. The van der Waals surface area contributed by atoms with Gasteiger partial charge in [0.25, 0.3) is 10.0 Å². The van der Waals surface area contributed by atoms with Crippen LogP contribution in [0.15, 0.2) is 69.0 Å². The largest absolute Gasteiger partial charge is 0.368 e. The lowest BCUT2D eigenvalue weighted by molar-refractivity contribution is 0.595. The van der Waals surface area contributed by atoms with Gasteiger partial charge < -0.3 is 9.47 Å². The van der Waals surface area contributed by atoms with Gasteiger partial charge in [0.2, 0.25) is 0 Å². The lowest BCUT2D eigenvalue weighted by Gasteiger charge is -2.11. The lowest BCUT2D eigenvalue weighted by atomic mass is 10.0. The zero-order valence-electron chi connectivity index (χ0n) is 19.0.